The fourth-order valence-corrected chi connectivity index (χ4v) is 4.85. The van der Waals surface area contributed by atoms with Gasteiger partial charge in [0.1, 0.15) is 30.5 Å². The summed E-state index contributed by atoms with van der Waals surface area (Å²) in [5.41, 5.74) is 6.95. The predicted molar refractivity (Wildman–Crippen MR) is 106 cm³/mol. The zero-order valence-electron chi connectivity index (χ0n) is 16.3. The Kier molecular flexibility index (Phi) is 8.73. The maximum atomic E-state index is 10.3. The lowest BCUT2D eigenvalue weighted by Crippen LogP contribution is -2.57. The first-order valence-corrected chi connectivity index (χ1v) is 11.7. The van der Waals surface area contributed by atoms with E-state index in [1.807, 2.05) is 0 Å². The quantitative estimate of drug-likeness (QED) is 0.157. The maximum absolute atomic E-state index is 10.3. The van der Waals surface area contributed by atoms with E-state index in [0.29, 0.717) is 5.69 Å². The van der Waals surface area contributed by atoms with Crippen LogP contribution >= 0.6 is 0 Å². The smallest absolute Gasteiger partial charge is 0.399 e. The van der Waals surface area contributed by atoms with Crippen LogP contribution in [-0.2, 0) is 10.8 Å². The summed E-state index contributed by atoms with van der Waals surface area (Å²) in [6, 6.07) is 6.62. The van der Waals surface area contributed by atoms with Gasteiger partial charge in [-0.05, 0) is 24.1 Å². The lowest BCUT2D eigenvalue weighted by molar-refractivity contribution is -0.179. The van der Waals surface area contributed by atoms with E-state index in [1.165, 1.54) is 0 Å². The Morgan fingerprint density at radius 2 is 1.20 bits per heavy atom. The van der Waals surface area contributed by atoms with Gasteiger partial charge in [0, 0.05) is 24.6 Å². The molecule has 0 amide bonds. The highest BCUT2D eigenvalue weighted by molar-refractivity contribution is 6.57. The highest BCUT2D eigenvalue weighted by Gasteiger charge is 2.44. The minimum Gasteiger partial charge on any atom is -0.399 e. The first-order valence-electron chi connectivity index (χ1n) is 9.64. The molecule has 0 heterocycles. The van der Waals surface area contributed by atoms with Crippen molar-refractivity contribution in [3.63, 3.8) is 0 Å². The van der Waals surface area contributed by atoms with E-state index in [4.69, 9.17) is 10.2 Å². The third-order valence-corrected chi connectivity index (χ3v) is 6.88. The van der Waals surface area contributed by atoms with Gasteiger partial charge in [0.15, 0.2) is 0 Å². The summed E-state index contributed by atoms with van der Waals surface area (Å²) in [4.78, 5) is 20.7. The molecule has 0 aromatic heterocycles. The molecule has 12 heteroatoms. The van der Waals surface area contributed by atoms with Crippen LogP contribution in [0, 0.1) is 0 Å². The highest BCUT2D eigenvalue weighted by Crippen LogP contribution is 2.25. The molecule has 30 heavy (non-hydrogen) atoms. The van der Waals surface area contributed by atoms with Crippen LogP contribution in [0.4, 0.5) is 5.69 Å². The van der Waals surface area contributed by atoms with Gasteiger partial charge < -0.3 is 55.5 Å². The van der Waals surface area contributed by atoms with Crippen LogP contribution in [0.1, 0.15) is 18.4 Å². The second-order valence-corrected chi connectivity index (χ2v) is 10.0. The van der Waals surface area contributed by atoms with E-state index in [9.17, 15) is 45.3 Å². The number of benzene rings is 1. The van der Waals surface area contributed by atoms with E-state index in [1.54, 1.807) is 24.3 Å². The zero-order chi connectivity index (χ0) is 22.6. The summed E-state index contributed by atoms with van der Waals surface area (Å²) < 4.78 is 5.35. The average molecular weight is 450 g/mol. The van der Waals surface area contributed by atoms with Crippen molar-refractivity contribution in [2.45, 2.75) is 74.1 Å². The van der Waals surface area contributed by atoms with Gasteiger partial charge in [0.2, 0.25) is 0 Å². The van der Waals surface area contributed by atoms with Crippen LogP contribution in [0.2, 0.25) is 6.04 Å². The van der Waals surface area contributed by atoms with Crippen LogP contribution < -0.4 is 5.73 Å². The fraction of sp³-hybridized carbons (Fsp3) is 0.667. The molecule has 2 rings (SSSR count). The summed E-state index contributed by atoms with van der Waals surface area (Å²) >= 11 is 0. The monoisotopic (exact) mass is 449 g/mol. The van der Waals surface area contributed by atoms with Crippen molar-refractivity contribution in [3.05, 3.63) is 29.8 Å². The van der Waals surface area contributed by atoms with E-state index >= 15 is 0 Å². The van der Waals surface area contributed by atoms with Gasteiger partial charge in [-0.3, -0.25) is 0 Å². The molecule has 11 N–H and O–H groups in total. The van der Waals surface area contributed by atoms with E-state index in [-0.39, 0.29) is 12.5 Å². The van der Waals surface area contributed by atoms with E-state index in [0.717, 1.165) is 5.56 Å². The predicted octanol–water partition coefficient (Wildman–Crippen LogP) is -3.56. The van der Waals surface area contributed by atoms with Crippen LogP contribution in [0.3, 0.4) is 0 Å². The minimum absolute atomic E-state index is 0.144. The molecule has 1 fully saturated rings. The third-order valence-electron chi connectivity index (χ3n) is 5.27. The van der Waals surface area contributed by atoms with Gasteiger partial charge in [-0.2, -0.15) is 0 Å². The minimum atomic E-state index is -4.30. The summed E-state index contributed by atoms with van der Waals surface area (Å²) in [5.74, 6) is 0. The van der Waals surface area contributed by atoms with Crippen molar-refractivity contribution in [1.82, 2.24) is 0 Å². The van der Waals surface area contributed by atoms with Crippen LogP contribution in [0.5, 0.6) is 0 Å². The molecule has 1 aliphatic carbocycles. The van der Waals surface area contributed by atoms with Crippen LogP contribution in [-0.4, -0.2) is 103 Å². The maximum Gasteiger partial charge on any atom is 0.496 e. The Bertz CT molecular complexity index is 639. The van der Waals surface area contributed by atoms with Crippen molar-refractivity contribution >= 4 is 14.5 Å². The van der Waals surface area contributed by atoms with Crippen molar-refractivity contribution in [1.29, 1.82) is 0 Å². The molecule has 0 saturated heterocycles. The van der Waals surface area contributed by atoms with E-state index < -0.39 is 70.5 Å². The molecule has 1 aromatic carbocycles. The topological polar surface area (TPSA) is 217 Å². The lowest BCUT2D eigenvalue weighted by atomic mass is 9.88. The van der Waals surface area contributed by atoms with Crippen molar-refractivity contribution in [2.75, 3.05) is 5.73 Å². The molecular weight excluding hydrogens is 418 g/mol. The molecule has 1 aliphatic rings. The molecule has 0 spiro atoms. The number of rotatable bonds is 5. The van der Waals surface area contributed by atoms with Crippen molar-refractivity contribution < 1.29 is 49.8 Å². The first kappa shape index (κ1) is 25.1. The molecule has 1 saturated carbocycles. The Labute approximate surface area is 174 Å². The fourth-order valence-electron chi connectivity index (χ4n) is 3.39. The van der Waals surface area contributed by atoms with Gasteiger partial charge in [0.25, 0.3) is 0 Å². The zero-order valence-corrected chi connectivity index (χ0v) is 17.3. The largest absolute Gasteiger partial charge is 0.496 e. The molecule has 7 unspecified atom stereocenters. The standard InChI is InChI=1S/C18H31NO10Si/c19-10-3-1-9(2-4-10)5-6-30(27,28)29-11-7-12(20)14(22)16(24)18(26)17(25)15(23)13(21)8-11/h1-4,11-18,20-28H,5-8,19H2/t11?,12?,13?,14-,15?,16?,17?,18?/m0/s1. The van der Waals surface area contributed by atoms with Crippen LogP contribution in [0.25, 0.3) is 0 Å². The summed E-state index contributed by atoms with van der Waals surface area (Å²) in [6.07, 6.45) is -15.1. The SMILES string of the molecule is Nc1ccc(CC[Si](O)(O)OC2CC(O)C(O)C(O)C(O)C(O)[C@@H](O)C(O)C2)cc1. The Morgan fingerprint density at radius 1 is 0.767 bits per heavy atom. The van der Waals surface area contributed by atoms with Crippen molar-refractivity contribution in [2.24, 2.45) is 0 Å². The van der Waals surface area contributed by atoms with Gasteiger partial charge in [-0.15, -0.1) is 0 Å². The van der Waals surface area contributed by atoms with Gasteiger partial charge in [-0.1, -0.05) is 12.1 Å². The van der Waals surface area contributed by atoms with Gasteiger partial charge in [-0.25, -0.2) is 0 Å². The Morgan fingerprint density at radius 3 is 1.67 bits per heavy atom. The second kappa shape index (κ2) is 10.4. The normalized spacial score (nSPS) is 36.4. The van der Waals surface area contributed by atoms with E-state index in [2.05, 4.69) is 0 Å². The molecular formula is C18H31NO10Si. The molecule has 8 atom stereocenters. The molecule has 0 aliphatic heterocycles. The number of aliphatic hydroxyl groups is 7. The van der Waals surface area contributed by atoms with Crippen molar-refractivity contribution in [3.8, 4) is 0 Å². The molecule has 11 nitrogen and oxygen atoms in total. The number of hydrogen-bond acceptors (Lipinski definition) is 11. The highest BCUT2D eigenvalue weighted by atomic mass is 28.4. The second-order valence-electron chi connectivity index (χ2n) is 7.78. The molecule has 0 radical (unpaired) electrons. The molecule has 0 bridgehead atoms. The van der Waals surface area contributed by atoms with Gasteiger partial charge in [0.05, 0.1) is 18.3 Å². The number of aliphatic hydroxyl groups excluding tert-OH is 7. The number of anilines is 1. The summed E-state index contributed by atoms with van der Waals surface area (Å²) in [5, 5.41) is 69.9. The number of nitrogen functional groups attached to an aromatic ring is 1. The first-order chi connectivity index (χ1) is 13.9. The Balaban J connectivity index is 2.09. The van der Waals surface area contributed by atoms with Gasteiger partial charge >= 0.3 is 8.80 Å². The average Bonchev–Trinajstić information content (AvgIpc) is 2.69. The third kappa shape index (κ3) is 6.67. The number of nitrogens with two attached hydrogens (primary N) is 1. The summed E-state index contributed by atoms with van der Waals surface area (Å²) in [6.45, 7) is 0. The number of aryl methyl sites for hydroxylation is 1. The molecule has 1 aromatic rings. The number of hydrogen-bond donors (Lipinski definition) is 10. The molecule has 172 valence electrons. The Hall–Kier alpha value is -1.16. The van der Waals surface area contributed by atoms with Crippen LogP contribution in [0.15, 0.2) is 24.3 Å². The lowest BCUT2D eigenvalue weighted by Gasteiger charge is -2.37. The summed E-state index contributed by atoms with van der Waals surface area (Å²) in [7, 11) is -4.30.